The minimum atomic E-state index is -4.42. The van der Waals surface area contributed by atoms with Crippen LogP contribution in [0.1, 0.15) is 84.4 Å². The number of pyridine rings is 1. The van der Waals surface area contributed by atoms with E-state index in [2.05, 4.69) is 61.2 Å². The average molecular weight is 756 g/mol. The van der Waals surface area contributed by atoms with Crippen LogP contribution < -0.4 is 4.74 Å². The molecule has 2 fully saturated rings. The van der Waals surface area contributed by atoms with Gasteiger partial charge in [-0.15, -0.1) is 0 Å². The molecule has 0 unspecified atom stereocenters. The number of carbonyl (C=O) groups excluding carboxylic acids is 1. The summed E-state index contributed by atoms with van der Waals surface area (Å²) in [6.45, 7) is 19.7. The topological polar surface area (TPSA) is 124 Å². The number of halogens is 1. The van der Waals surface area contributed by atoms with Crippen LogP contribution >= 0.6 is 7.60 Å². The number of nitrogens with zero attached hydrogens (tertiary/aromatic N) is 1. The Morgan fingerprint density at radius 1 is 1.04 bits per heavy atom. The predicted molar refractivity (Wildman–Crippen MR) is 205 cm³/mol. The van der Waals surface area contributed by atoms with Crippen LogP contribution in [-0.4, -0.2) is 59.8 Å². The number of hydrogen-bond donors (Lipinski definition) is 2. The van der Waals surface area contributed by atoms with Crippen LogP contribution in [0, 0.1) is 16.6 Å². The molecular weight excluding hydrogens is 700 g/mol. The van der Waals surface area contributed by atoms with Crippen LogP contribution in [0.15, 0.2) is 48.5 Å². The largest absolute Gasteiger partial charge is 0.481 e. The van der Waals surface area contributed by atoms with Gasteiger partial charge < -0.3 is 28.7 Å². The molecule has 52 heavy (non-hydrogen) atoms. The summed E-state index contributed by atoms with van der Waals surface area (Å²) in [6, 6.07) is 12.3. The Morgan fingerprint density at radius 3 is 2.27 bits per heavy atom. The van der Waals surface area contributed by atoms with Gasteiger partial charge in [-0.25, -0.2) is 4.39 Å². The second-order valence-electron chi connectivity index (χ2n) is 17.5. The van der Waals surface area contributed by atoms with E-state index in [9.17, 15) is 23.5 Å². The Morgan fingerprint density at radius 2 is 1.69 bits per heavy atom. The first-order chi connectivity index (χ1) is 24.1. The molecule has 3 aromatic rings. The third-order valence-electron chi connectivity index (χ3n) is 9.63. The van der Waals surface area contributed by atoms with Gasteiger partial charge in [0.05, 0.1) is 36.4 Å². The minimum absolute atomic E-state index is 0.108. The second-order valence-corrected chi connectivity index (χ2v) is 24.7. The highest BCUT2D eigenvalue weighted by Crippen LogP contribution is 2.52. The first-order valence-electron chi connectivity index (χ1n) is 18.2. The van der Waals surface area contributed by atoms with E-state index in [1.807, 2.05) is 12.2 Å². The molecule has 1 aliphatic carbocycles. The summed E-state index contributed by atoms with van der Waals surface area (Å²) in [4.78, 5) is 37.2. The molecule has 12 heteroatoms. The highest BCUT2D eigenvalue weighted by atomic mass is 31.2. The molecule has 2 heterocycles. The van der Waals surface area contributed by atoms with Crippen molar-refractivity contribution in [2.75, 3.05) is 13.0 Å². The van der Waals surface area contributed by atoms with E-state index < -0.39 is 50.8 Å². The van der Waals surface area contributed by atoms with Gasteiger partial charge in [0.2, 0.25) is 0 Å². The van der Waals surface area contributed by atoms with E-state index in [1.165, 1.54) is 12.1 Å². The van der Waals surface area contributed by atoms with Crippen LogP contribution in [0.3, 0.4) is 0 Å². The number of esters is 1. The Hall–Kier alpha value is -2.92. The molecule has 9 nitrogen and oxygen atoms in total. The van der Waals surface area contributed by atoms with Gasteiger partial charge in [-0.05, 0) is 54.8 Å². The third kappa shape index (κ3) is 9.78. The molecule has 2 atom stereocenters. The summed E-state index contributed by atoms with van der Waals surface area (Å²) >= 11 is 0. The average Bonchev–Trinajstić information content (AvgIpc) is 3.86. The maximum Gasteiger partial charge on any atom is 0.362 e. The molecule has 0 bridgehead atoms. The first-order valence-corrected chi connectivity index (χ1v) is 23.7. The number of hydrogen-bond acceptors (Lipinski definition) is 7. The fourth-order valence-corrected chi connectivity index (χ4v) is 8.15. The molecular formula is C40H55FNO8PSi. The van der Waals surface area contributed by atoms with Crippen molar-refractivity contribution in [3.8, 4) is 16.9 Å². The SMILES string of the molecule is CC(C)(C)C1(C(C)(C)C)O[C@@H](CC(=O)OCC[Si](C)(C)C)C[C@@H](C=Cc2c(C3CC3)nc3ccc(OCP(=O)(O)O)cc3c2-c2ccc(F)cc2)O1. The summed E-state index contributed by atoms with van der Waals surface area (Å²) in [5, 5.41) is 0.699. The van der Waals surface area contributed by atoms with E-state index in [0.29, 0.717) is 23.9 Å². The molecule has 1 aliphatic heterocycles. The van der Waals surface area contributed by atoms with Crippen molar-refractivity contribution in [3.05, 3.63) is 65.6 Å². The van der Waals surface area contributed by atoms with Crippen LogP contribution in [-0.2, 0) is 23.6 Å². The van der Waals surface area contributed by atoms with E-state index in [-0.39, 0.29) is 29.9 Å². The lowest BCUT2D eigenvalue weighted by molar-refractivity contribution is -0.389. The molecule has 1 saturated carbocycles. The molecule has 1 saturated heterocycles. The quantitative estimate of drug-likeness (QED) is 0.106. The molecule has 2 aliphatic rings. The van der Waals surface area contributed by atoms with E-state index in [4.69, 9.17) is 23.9 Å². The monoisotopic (exact) mass is 755 g/mol. The standard InChI is InChI=1S/C40H55FNO8PSi/c1-38(2,3)40(39(4,5)6)49-30(22-31(50-40)24-35(43)47-20-21-52(7,8)9)16-18-32-36(26-12-14-28(41)15-13-26)33-23-29(48-25-51(44,45)46)17-19-34(33)42-37(32)27-10-11-27/h12-19,23,27,30-31H,10-11,20-22,24-25H2,1-9H3,(H2,44,45,46)/t30-,31-/m1/s1. The molecule has 284 valence electrons. The molecule has 5 rings (SSSR count). The predicted octanol–water partition coefficient (Wildman–Crippen LogP) is 9.68. The molecule has 2 N–H and O–H groups in total. The Labute approximate surface area is 308 Å². The Balaban J connectivity index is 1.59. The fraction of sp³-hybridized carbons (Fsp3) is 0.550. The molecule has 0 amide bonds. The van der Waals surface area contributed by atoms with Crippen molar-refractivity contribution < 1.29 is 42.5 Å². The number of aromatic nitrogens is 1. The maximum atomic E-state index is 14.2. The zero-order chi connectivity index (χ0) is 38.3. The summed E-state index contributed by atoms with van der Waals surface area (Å²) in [5.41, 5.74) is 3.08. The van der Waals surface area contributed by atoms with Crippen molar-refractivity contribution in [1.29, 1.82) is 0 Å². The van der Waals surface area contributed by atoms with Crippen LogP contribution in [0.5, 0.6) is 5.75 Å². The molecule has 1 aromatic heterocycles. The maximum absolute atomic E-state index is 14.2. The van der Waals surface area contributed by atoms with Crippen LogP contribution in [0.4, 0.5) is 4.39 Å². The van der Waals surface area contributed by atoms with Crippen LogP contribution in [0.2, 0.25) is 25.7 Å². The Bertz CT molecular complexity index is 1820. The fourth-order valence-electron chi connectivity index (χ4n) is 7.11. The highest BCUT2D eigenvalue weighted by Gasteiger charge is 2.57. The number of benzene rings is 2. The number of rotatable bonds is 12. The van der Waals surface area contributed by atoms with E-state index in [1.54, 1.807) is 30.3 Å². The summed E-state index contributed by atoms with van der Waals surface area (Å²) in [5.74, 6) is -1.18. The van der Waals surface area contributed by atoms with Crippen molar-refractivity contribution in [3.63, 3.8) is 0 Å². The summed E-state index contributed by atoms with van der Waals surface area (Å²) in [7, 11) is -5.80. The van der Waals surface area contributed by atoms with Crippen molar-refractivity contribution in [2.24, 2.45) is 10.8 Å². The molecule has 0 spiro atoms. The van der Waals surface area contributed by atoms with Gasteiger partial charge in [-0.1, -0.05) is 85.5 Å². The van der Waals surface area contributed by atoms with Gasteiger partial charge in [-0.2, -0.15) is 0 Å². The second kappa shape index (κ2) is 15.1. The zero-order valence-corrected chi connectivity index (χ0v) is 33.9. The lowest BCUT2D eigenvalue weighted by atomic mass is 9.69. The zero-order valence-electron chi connectivity index (χ0n) is 32.0. The van der Waals surface area contributed by atoms with Crippen molar-refractivity contribution >= 4 is 38.6 Å². The van der Waals surface area contributed by atoms with Crippen molar-refractivity contribution in [1.82, 2.24) is 4.98 Å². The number of carbonyl (C=O) groups is 1. The van der Waals surface area contributed by atoms with E-state index in [0.717, 1.165) is 41.3 Å². The lowest BCUT2D eigenvalue weighted by Gasteiger charge is -2.57. The van der Waals surface area contributed by atoms with Gasteiger partial charge in [-0.3, -0.25) is 14.3 Å². The van der Waals surface area contributed by atoms with Gasteiger partial charge in [0, 0.05) is 47.8 Å². The normalized spacial score (nSPS) is 20.0. The Kier molecular flexibility index (Phi) is 11.7. The highest BCUT2D eigenvalue weighted by molar-refractivity contribution is 7.51. The molecule has 2 aromatic carbocycles. The van der Waals surface area contributed by atoms with Crippen LogP contribution in [0.25, 0.3) is 28.1 Å². The minimum Gasteiger partial charge on any atom is -0.481 e. The first kappa shape index (κ1) is 40.3. The smallest absolute Gasteiger partial charge is 0.362 e. The third-order valence-corrected chi connectivity index (χ3v) is 11.8. The number of ether oxygens (including phenoxy) is 4. The van der Waals surface area contributed by atoms with Gasteiger partial charge in [0.25, 0.3) is 0 Å². The molecule has 0 radical (unpaired) electrons. The van der Waals surface area contributed by atoms with Gasteiger partial charge in [0.15, 0.2) is 12.1 Å². The van der Waals surface area contributed by atoms with Gasteiger partial charge in [0.1, 0.15) is 11.6 Å². The van der Waals surface area contributed by atoms with E-state index >= 15 is 0 Å². The summed E-state index contributed by atoms with van der Waals surface area (Å²) < 4.78 is 50.9. The lowest BCUT2D eigenvalue weighted by Crippen LogP contribution is -2.63. The summed E-state index contributed by atoms with van der Waals surface area (Å²) in [6.07, 6.45) is 4.90. The number of fused-ring (bicyclic) bond motifs is 1. The van der Waals surface area contributed by atoms with Crippen molar-refractivity contribution in [2.45, 2.75) is 117 Å². The van der Waals surface area contributed by atoms with Gasteiger partial charge >= 0.3 is 13.6 Å².